The third-order valence-electron chi connectivity index (χ3n) is 5.22. The molecule has 0 fully saturated rings. The smallest absolute Gasteiger partial charge is 0.332 e. The summed E-state index contributed by atoms with van der Waals surface area (Å²) < 4.78 is 8.81. The number of ketones is 1. The number of aryl methyl sites for hydroxylation is 1. The SMILES string of the molecule is Cc1cc(/C=C/C(=O)OCC(=O)c2c(N)n(C)c(=O)n(C)c2=O)c(C)n1-c1ccccc1. The normalized spacial score (nSPS) is 11.1. The molecule has 3 rings (SSSR count). The fraction of sp³-hybridized carbons (Fsp3) is 0.217. The lowest BCUT2D eigenvalue weighted by atomic mass is 10.2. The van der Waals surface area contributed by atoms with Gasteiger partial charge in [-0.3, -0.25) is 18.7 Å². The van der Waals surface area contributed by atoms with Gasteiger partial charge in [0.05, 0.1) is 0 Å². The van der Waals surface area contributed by atoms with Gasteiger partial charge in [0.2, 0.25) is 5.78 Å². The second-order valence-corrected chi connectivity index (χ2v) is 7.33. The van der Waals surface area contributed by atoms with E-state index in [1.165, 1.54) is 20.2 Å². The van der Waals surface area contributed by atoms with Crippen LogP contribution in [0, 0.1) is 13.8 Å². The summed E-state index contributed by atoms with van der Waals surface area (Å²) in [5.41, 5.74) is 7.63. The molecule has 0 saturated carbocycles. The maximum Gasteiger partial charge on any atom is 0.332 e. The van der Waals surface area contributed by atoms with Crippen molar-refractivity contribution in [3.63, 3.8) is 0 Å². The molecule has 0 radical (unpaired) electrons. The number of nitrogen functional groups attached to an aromatic ring is 1. The van der Waals surface area contributed by atoms with Crippen LogP contribution in [-0.2, 0) is 23.6 Å². The van der Waals surface area contributed by atoms with Crippen LogP contribution in [0.3, 0.4) is 0 Å². The molecule has 0 amide bonds. The van der Waals surface area contributed by atoms with Gasteiger partial charge in [-0.15, -0.1) is 0 Å². The molecule has 0 aliphatic heterocycles. The predicted octanol–water partition coefficient (Wildman–Crippen LogP) is 1.51. The molecular weight excluding hydrogens is 412 g/mol. The highest BCUT2D eigenvalue weighted by Gasteiger charge is 2.21. The summed E-state index contributed by atoms with van der Waals surface area (Å²) in [4.78, 5) is 48.7. The van der Waals surface area contributed by atoms with E-state index in [0.717, 1.165) is 31.8 Å². The number of aromatic nitrogens is 3. The van der Waals surface area contributed by atoms with Crippen LogP contribution >= 0.6 is 0 Å². The predicted molar refractivity (Wildman–Crippen MR) is 121 cm³/mol. The van der Waals surface area contributed by atoms with Gasteiger partial charge in [0.15, 0.2) is 6.61 Å². The van der Waals surface area contributed by atoms with Crippen LogP contribution in [0.15, 0.2) is 52.1 Å². The van der Waals surface area contributed by atoms with Crippen LogP contribution < -0.4 is 17.0 Å². The van der Waals surface area contributed by atoms with E-state index >= 15 is 0 Å². The molecule has 0 saturated heterocycles. The first-order valence-electron chi connectivity index (χ1n) is 9.81. The molecule has 0 atom stereocenters. The number of Topliss-reactive ketones (excluding diaryl/α,β-unsaturated/α-hetero) is 1. The molecule has 3 aromatic rings. The zero-order valence-corrected chi connectivity index (χ0v) is 18.3. The Hall–Kier alpha value is -4.14. The fourth-order valence-corrected chi connectivity index (χ4v) is 3.47. The highest BCUT2D eigenvalue weighted by Crippen LogP contribution is 2.21. The third-order valence-corrected chi connectivity index (χ3v) is 5.22. The molecule has 166 valence electrons. The van der Waals surface area contributed by atoms with Gasteiger partial charge in [-0.05, 0) is 43.7 Å². The average Bonchev–Trinajstić information content (AvgIpc) is 3.07. The van der Waals surface area contributed by atoms with Crippen molar-refractivity contribution < 1.29 is 14.3 Å². The Bertz CT molecular complexity index is 1340. The number of carbonyl (C=O) groups is 2. The Kier molecular flexibility index (Phi) is 6.29. The van der Waals surface area contributed by atoms with Crippen molar-refractivity contribution in [2.24, 2.45) is 14.1 Å². The second-order valence-electron chi connectivity index (χ2n) is 7.33. The van der Waals surface area contributed by atoms with Gasteiger partial charge >= 0.3 is 11.7 Å². The quantitative estimate of drug-likeness (QED) is 0.356. The first-order valence-corrected chi connectivity index (χ1v) is 9.81. The van der Waals surface area contributed by atoms with Crippen LogP contribution in [0.4, 0.5) is 5.82 Å². The second kappa shape index (κ2) is 8.93. The number of anilines is 1. The molecule has 0 aliphatic carbocycles. The Labute approximate surface area is 184 Å². The summed E-state index contributed by atoms with van der Waals surface area (Å²) in [5, 5.41) is 0. The van der Waals surface area contributed by atoms with Gasteiger partial charge in [0, 0.05) is 37.2 Å². The zero-order chi connectivity index (χ0) is 23.6. The van der Waals surface area contributed by atoms with Crippen LogP contribution in [-0.4, -0.2) is 32.1 Å². The van der Waals surface area contributed by atoms with Crippen LogP contribution in [0.1, 0.15) is 27.3 Å². The number of carbonyl (C=O) groups excluding carboxylic acids is 2. The molecule has 2 heterocycles. The Morgan fingerprint density at radius 1 is 1.06 bits per heavy atom. The molecule has 2 aromatic heterocycles. The number of nitrogens with zero attached hydrogens (tertiary/aromatic N) is 3. The van der Waals surface area contributed by atoms with Gasteiger partial charge < -0.3 is 15.0 Å². The average molecular weight is 436 g/mol. The number of ether oxygens (including phenoxy) is 1. The van der Waals surface area contributed by atoms with Crippen molar-refractivity contribution >= 4 is 23.6 Å². The van der Waals surface area contributed by atoms with E-state index in [4.69, 9.17) is 10.5 Å². The maximum absolute atomic E-state index is 12.4. The van der Waals surface area contributed by atoms with Crippen molar-refractivity contribution in [2.75, 3.05) is 12.3 Å². The standard InChI is InChI=1S/C23H24N4O5/c1-14-12-16(15(2)27(14)17-8-6-5-7-9-17)10-11-19(29)32-13-18(28)20-21(24)25(3)23(31)26(4)22(20)30/h5-12H,13,24H2,1-4H3/b11-10+. The number of hydrogen-bond acceptors (Lipinski definition) is 6. The van der Waals surface area contributed by atoms with Crippen molar-refractivity contribution in [3.8, 4) is 5.69 Å². The number of para-hydroxylation sites is 1. The monoisotopic (exact) mass is 436 g/mol. The summed E-state index contributed by atoms with van der Waals surface area (Å²) in [5.74, 6) is -1.81. The minimum Gasteiger partial charge on any atom is -0.454 e. The highest BCUT2D eigenvalue weighted by atomic mass is 16.5. The Morgan fingerprint density at radius 3 is 2.38 bits per heavy atom. The number of esters is 1. The maximum atomic E-state index is 12.4. The molecule has 0 bridgehead atoms. The lowest BCUT2D eigenvalue weighted by molar-refractivity contribution is -0.136. The van der Waals surface area contributed by atoms with Crippen molar-refractivity contribution in [1.29, 1.82) is 0 Å². The van der Waals surface area contributed by atoms with Gasteiger partial charge in [0.25, 0.3) is 5.56 Å². The number of hydrogen-bond donors (Lipinski definition) is 1. The van der Waals surface area contributed by atoms with E-state index in [0.29, 0.717) is 0 Å². The molecule has 9 heteroatoms. The minimum atomic E-state index is -0.837. The van der Waals surface area contributed by atoms with Crippen LogP contribution in [0.2, 0.25) is 0 Å². The van der Waals surface area contributed by atoms with E-state index in [2.05, 4.69) is 4.57 Å². The number of benzene rings is 1. The Morgan fingerprint density at radius 2 is 1.72 bits per heavy atom. The molecule has 2 N–H and O–H groups in total. The number of nitrogens with two attached hydrogens (primary N) is 1. The van der Waals surface area contributed by atoms with Gasteiger partial charge in [0.1, 0.15) is 11.4 Å². The van der Waals surface area contributed by atoms with Gasteiger partial charge in [-0.25, -0.2) is 9.59 Å². The highest BCUT2D eigenvalue weighted by molar-refractivity contribution is 6.01. The first-order chi connectivity index (χ1) is 15.1. The molecule has 0 unspecified atom stereocenters. The largest absolute Gasteiger partial charge is 0.454 e. The molecule has 0 spiro atoms. The van der Waals surface area contributed by atoms with E-state index < -0.39 is 35.2 Å². The molecule has 32 heavy (non-hydrogen) atoms. The summed E-state index contributed by atoms with van der Waals surface area (Å²) in [6.45, 7) is 3.23. The molecule has 9 nitrogen and oxygen atoms in total. The molecule has 1 aromatic carbocycles. The molecule has 0 aliphatic rings. The van der Waals surface area contributed by atoms with E-state index in [1.54, 1.807) is 6.08 Å². The van der Waals surface area contributed by atoms with Crippen molar-refractivity contribution in [2.45, 2.75) is 13.8 Å². The van der Waals surface area contributed by atoms with E-state index in [9.17, 15) is 19.2 Å². The molecular formula is C23H24N4O5. The van der Waals surface area contributed by atoms with Crippen molar-refractivity contribution in [1.82, 2.24) is 13.7 Å². The fourth-order valence-electron chi connectivity index (χ4n) is 3.47. The van der Waals surface area contributed by atoms with Gasteiger partial charge in [-0.2, -0.15) is 0 Å². The third kappa shape index (κ3) is 4.18. The minimum absolute atomic E-state index is 0.275. The summed E-state index contributed by atoms with van der Waals surface area (Å²) >= 11 is 0. The van der Waals surface area contributed by atoms with E-state index in [-0.39, 0.29) is 5.82 Å². The van der Waals surface area contributed by atoms with Crippen LogP contribution in [0.25, 0.3) is 11.8 Å². The summed E-state index contributed by atoms with van der Waals surface area (Å²) in [7, 11) is 2.58. The van der Waals surface area contributed by atoms with E-state index in [1.807, 2.05) is 50.2 Å². The summed E-state index contributed by atoms with van der Waals surface area (Å²) in [6.07, 6.45) is 2.82. The first kappa shape index (κ1) is 22.5. The lowest BCUT2D eigenvalue weighted by Crippen LogP contribution is -2.42. The topological polar surface area (TPSA) is 118 Å². The lowest BCUT2D eigenvalue weighted by Gasteiger charge is -2.10. The zero-order valence-electron chi connectivity index (χ0n) is 18.3. The number of rotatable bonds is 6. The Balaban J connectivity index is 1.74. The van der Waals surface area contributed by atoms with Gasteiger partial charge in [-0.1, -0.05) is 18.2 Å². The summed E-state index contributed by atoms with van der Waals surface area (Å²) in [6, 6.07) is 11.7. The van der Waals surface area contributed by atoms with Crippen LogP contribution in [0.5, 0.6) is 0 Å². The van der Waals surface area contributed by atoms with Crippen molar-refractivity contribution in [3.05, 3.63) is 85.8 Å².